The number of aromatic nitrogens is 1. The van der Waals surface area contributed by atoms with Gasteiger partial charge in [0.15, 0.2) is 0 Å². The Morgan fingerprint density at radius 2 is 1.72 bits per heavy atom. The minimum Gasteiger partial charge on any atom is -0.436 e. The molecule has 0 atom stereocenters. The second-order valence-electron chi connectivity index (χ2n) is 5.66. The minimum atomic E-state index is -4.63. The monoisotopic (exact) mass is 469 g/mol. The average Bonchev–Trinajstić information content (AvgIpc) is 2.65. The third-order valence-corrected chi connectivity index (χ3v) is 4.09. The molecule has 2 amide bonds. The molecule has 0 bridgehead atoms. The van der Waals surface area contributed by atoms with Crippen molar-refractivity contribution < 1.29 is 27.1 Å². The Bertz CT molecular complexity index is 1040. The van der Waals surface area contributed by atoms with Crippen LogP contribution in [0, 0.1) is 5.82 Å². The summed E-state index contributed by atoms with van der Waals surface area (Å²) in [5.41, 5.74) is -1.07. The number of nitrogens with zero attached hydrogens (tertiary/aromatic N) is 1. The zero-order valence-corrected chi connectivity index (χ0v) is 16.0. The molecule has 2 aromatic carbocycles. The first kappa shape index (κ1) is 20.6. The van der Waals surface area contributed by atoms with E-state index in [4.69, 9.17) is 4.74 Å². The van der Waals surface area contributed by atoms with Gasteiger partial charge in [0.25, 0.3) is 0 Å². The van der Waals surface area contributed by atoms with Crippen molar-refractivity contribution in [3.63, 3.8) is 0 Å². The SMILES string of the molecule is O=C(Nc1ccc(Br)cc1F)Nc1cccnc1Oc1ccccc1C(F)(F)F. The van der Waals surface area contributed by atoms with E-state index in [1.807, 2.05) is 0 Å². The number of pyridine rings is 1. The van der Waals surface area contributed by atoms with E-state index in [1.54, 1.807) is 0 Å². The van der Waals surface area contributed by atoms with Crippen LogP contribution in [0.25, 0.3) is 0 Å². The van der Waals surface area contributed by atoms with E-state index < -0.39 is 29.3 Å². The van der Waals surface area contributed by atoms with Crippen molar-refractivity contribution in [2.24, 2.45) is 0 Å². The molecule has 0 fully saturated rings. The number of alkyl halides is 3. The maximum atomic E-state index is 13.9. The molecular formula is C19H12BrF4N3O2. The van der Waals surface area contributed by atoms with Gasteiger partial charge in [-0.15, -0.1) is 0 Å². The van der Waals surface area contributed by atoms with Gasteiger partial charge in [0, 0.05) is 10.7 Å². The number of anilines is 2. The van der Waals surface area contributed by atoms with Crippen molar-refractivity contribution in [1.29, 1.82) is 0 Å². The molecule has 1 heterocycles. The van der Waals surface area contributed by atoms with E-state index >= 15 is 0 Å². The van der Waals surface area contributed by atoms with Gasteiger partial charge in [-0.3, -0.25) is 0 Å². The van der Waals surface area contributed by atoms with Gasteiger partial charge in [-0.25, -0.2) is 14.2 Å². The van der Waals surface area contributed by atoms with E-state index in [0.29, 0.717) is 4.47 Å². The number of carbonyl (C=O) groups is 1. The lowest BCUT2D eigenvalue weighted by Crippen LogP contribution is -2.20. The molecule has 0 saturated carbocycles. The van der Waals surface area contributed by atoms with Crippen molar-refractivity contribution in [3.8, 4) is 11.6 Å². The third kappa shape index (κ3) is 5.23. The van der Waals surface area contributed by atoms with E-state index in [0.717, 1.165) is 12.1 Å². The van der Waals surface area contributed by atoms with Crippen LogP contribution in [-0.4, -0.2) is 11.0 Å². The van der Waals surface area contributed by atoms with Crippen LogP contribution < -0.4 is 15.4 Å². The standard InChI is InChI=1S/C19H12BrF4N3O2/c20-11-7-8-14(13(21)10-11)26-18(28)27-15-5-3-9-25-17(15)29-16-6-2-1-4-12(16)19(22,23)24/h1-10H,(H2,26,27,28). The van der Waals surface area contributed by atoms with Crippen LogP contribution in [0.1, 0.15) is 5.56 Å². The lowest BCUT2D eigenvalue weighted by Gasteiger charge is -2.15. The van der Waals surface area contributed by atoms with Crippen LogP contribution in [0.2, 0.25) is 0 Å². The summed E-state index contributed by atoms with van der Waals surface area (Å²) in [7, 11) is 0. The van der Waals surface area contributed by atoms with E-state index in [2.05, 4.69) is 31.5 Å². The highest BCUT2D eigenvalue weighted by molar-refractivity contribution is 9.10. The van der Waals surface area contributed by atoms with Crippen LogP contribution in [0.5, 0.6) is 11.6 Å². The van der Waals surface area contributed by atoms with Gasteiger partial charge in [-0.2, -0.15) is 13.2 Å². The summed E-state index contributed by atoms with van der Waals surface area (Å²) < 4.78 is 59.1. The minimum absolute atomic E-state index is 0.000465. The lowest BCUT2D eigenvalue weighted by atomic mass is 10.2. The van der Waals surface area contributed by atoms with Gasteiger partial charge in [-0.05, 0) is 42.5 Å². The number of hydrogen-bond acceptors (Lipinski definition) is 3. The molecule has 10 heteroatoms. The number of amides is 2. The molecule has 29 heavy (non-hydrogen) atoms. The molecule has 3 aromatic rings. The number of rotatable bonds is 4. The van der Waals surface area contributed by atoms with E-state index in [9.17, 15) is 22.4 Å². The fourth-order valence-corrected chi connectivity index (χ4v) is 2.66. The Balaban J connectivity index is 1.80. The molecule has 3 rings (SSSR count). The Labute approximate surface area is 170 Å². The molecule has 150 valence electrons. The zero-order chi connectivity index (χ0) is 21.0. The number of halogens is 5. The van der Waals surface area contributed by atoms with Crippen LogP contribution in [0.3, 0.4) is 0 Å². The van der Waals surface area contributed by atoms with E-state index in [1.165, 1.54) is 48.7 Å². The van der Waals surface area contributed by atoms with Crippen molar-refractivity contribution in [2.75, 3.05) is 10.6 Å². The summed E-state index contributed by atoms with van der Waals surface area (Å²) in [4.78, 5) is 16.1. The van der Waals surface area contributed by atoms with E-state index in [-0.39, 0.29) is 17.3 Å². The van der Waals surface area contributed by atoms with Crippen LogP contribution in [0.4, 0.5) is 33.7 Å². The lowest BCUT2D eigenvalue weighted by molar-refractivity contribution is -0.138. The first-order valence-electron chi connectivity index (χ1n) is 8.06. The van der Waals surface area contributed by atoms with Gasteiger partial charge >= 0.3 is 12.2 Å². The maximum Gasteiger partial charge on any atom is 0.419 e. The highest BCUT2D eigenvalue weighted by Gasteiger charge is 2.34. The first-order chi connectivity index (χ1) is 13.7. The number of benzene rings is 2. The first-order valence-corrected chi connectivity index (χ1v) is 8.85. The average molecular weight is 470 g/mol. The van der Waals surface area contributed by atoms with Gasteiger partial charge in [0.05, 0.1) is 11.3 Å². The molecule has 0 radical (unpaired) electrons. The van der Waals surface area contributed by atoms with Gasteiger partial charge < -0.3 is 15.4 Å². The fourth-order valence-electron chi connectivity index (χ4n) is 2.33. The number of hydrogen-bond donors (Lipinski definition) is 2. The number of para-hydroxylation sites is 1. The molecule has 0 aliphatic rings. The summed E-state index contributed by atoms with van der Waals surface area (Å²) in [5, 5.41) is 4.69. The Morgan fingerprint density at radius 1 is 1.00 bits per heavy atom. The Hall–Kier alpha value is -3.14. The topological polar surface area (TPSA) is 63.2 Å². The van der Waals surface area contributed by atoms with Gasteiger partial charge in [0.1, 0.15) is 17.3 Å². The second-order valence-corrected chi connectivity index (χ2v) is 6.57. The molecule has 2 N–H and O–H groups in total. The van der Waals surface area contributed by atoms with Crippen LogP contribution >= 0.6 is 15.9 Å². The van der Waals surface area contributed by atoms with Gasteiger partial charge in [-0.1, -0.05) is 28.1 Å². The van der Waals surface area contributed by atoms with Crippen molar-refractivity contribution in [2.45, 2.75) is 6.18 Å². The highest BCUT2D eigenvalue weighted by atomic mass is 79.9. The number of ether oxygens (including phenoxy) is 1. The van der Waals surface area contributed by atoms with Crippen LogP contribution in [-0.2, 0) is 6.18 Å². The predicted molar refractivity (Wildman–Crippen MR) is 102 cm³/mol. The highest BCUT2D eigenvalue weighted by Crippen LogP contribution is 2.38. The van der Waals surface area contributed by atoms with Crippen molar-refractivity contribution in [1.82, 2.24) is 4.98 Å². The summed E-state index contributed by atoms with van der Waals surface area (Å²) in [6, 6.07) is 10.7. The third-order valence-electron chi connectivity index (χ3n) is 3.60. The summed E-state index contributed by atoms with van der Waals surface area (Å²) in [6.07, 6.45) is -3.33. The Morgan fingerprint density at radius 3 is 2.45 bits per heavy atom. The summed E-state index contributed by atoms with van der Waals surface area (Å²) in [5.74, 6) is -1.40. The van der Waals surface area contributed by atoms with Crippen molar-refractivity contribution >= 4 is 33.3 Å². The summed E-state index contributed by atoms with van der Waals surface area (Å²) in [6.45, 7) is 0. The molecule has 0 aliphatic heterocycles. The largest absolute Gasteiger partial charge is 0.436 e. The predicted octanol–water partition coefficient (Wildman–Crippen LogP) is 6.44. The number of carbonyl (C=O) groups excluding carboxylic acids is 1. The molecule has 0 spiro atoms. The Kier molecular flexibility index (Phi) is 6.02. The normalized spacial score (nSPS) is 11.1. The molecular weight excluding hydrogens is 458 g/mol. The molecule has 5 nitrogen and oxygen atoms in total. The molecule has 0 saturated heterocycles. The molecule has 0 unspecified atom stereocenters. The molecule has 1 aromatic heterocycles. The quantitative estimate of drug-likeness (QED) is 0.432. The second kappa shape index (κ2) is 8.48. The fraction of sp³-hybridized carbons (Fsp3) is 0.0526. The van der Waals surface area contributed by atoms with Crippen LogP contribution in [0.15, 0.2) is 65.3 Å². The maximum absolute atomic E-state index is 13.9. The zero-order valence-electron chi connectivity index (χ0n) is 14.4. The van der Waals surface area contributed by atoms with Crippen molar-refractivity contribution in [3.05, 3.63) is 76.6 Å². The smallest absolute Gasteiger partial charge is 0.419 e. The summed E-state index contributed by atoms with van der Waals surface area (Å²) >= 11 is 3.10. The molecule has 0 aliphatic carbocycles. The van der Waals surface area contributed by atoms with Gasteiger partial charge in [0.2, 0.25) is 5.88 Å². The number of urea groups is 1. The number of nitrogens with one attached hydrogen (secondary N) is 2.